The van der Waals surface area contributed by atoms with Crippen LogP contribution in [0, 0.1) is 0 Å². The molecule has 0 unspecified atom stereocenters. The van der Waals surface area contributed by atoms with Crippen LogP contribution in [0.5, 0.6) is 0 Å². The summed E-state index contributed by atoms with van der Waals surface area (Å²) in [6, 6.07) is 0. The summed E-state index contributed by atoms with van der Waals surface area (Å²) in [6.45, 7) is 6.15. The first kappa shape index (κ1) is 9.96. The molecular formula is C6H12N2OW. The SMILES string of the molecule is CC(C)(C)NC(=O)C[N]=[W]. The third kappa shape index (κ3) is 6.08. The maximum absolute atomic E-state index is 10.9. The molecule has 0 rings (SSSR count). The molecule has 0 radical (unpaired) electrons. The second kappa shape index (κ2) is 3.97. The van der Waals surface area contributed by atoms with Crippen molar-refractivity contribution >= 4 is 5.91 Å². The molecule has 0 saturated carbocycles. The van der Waals surface area contributed by atoms with Crippen LogP contribution in [-0.2, 0) is 24.4 Å². The Balaban J connectivity index is 3.68. The van der Waals surface area contributed by atoms with Crippen LogP contribution in [0.15, 0.2) is 3.50 Å². The molecule has 0 aliphatic rings. The standard InChI is InChI=1S/C6H12N2O.W/c1-6(2,3)8-5(9)4-7;/h4H2,1-3H3,(H,8,9);. The monoisotopic (exact) mass is 312 g/mol. The number of carbonyl (C=O) groups is 1. The molecule has 0 aliphatic carbocycles. The Morgan fingerprint density at radius 3 is 2.40 bits per heavy atom. The first-order chi connectivity index (χ1) is 4.45. The van der Waals surface area contributed by atoms with E-state index in [1.165, 1.54) is 0 Å². The molecule has 0 bridgehead atoms. The Morgan fingerprint density at radius 1 is 1.60 bits per heavy atom. The van der Waals surface area contributed by atoms with Gasteiger partial charge in [-0.05, 0) is 0 Å². The molecule has 10 heavy (non-hydrogen) atoms. The number of hydrogen-bond acceptors (Lipinski definition) is 2. The third-order valence-corrected chi connectivity index (χ3v) is 1.19. The Hall–Kier alpha value is -0.0417. The van der Waals surface area contributed by atoms with Crippen LogP contribution in [0.3, 0.4) is 0 Å². The molecule has 58 valence electrons. The van der Waals surface area contributed by atoms with E-state index in [1.54, 1.807) is 0 Å². The second-order valence-corrected chi connectivity index (χ2v) is 4.01. The number of nitrogens with one attached hydrogen (secondary N) is 1. The normalized spacial score (nSPS) is 10.7. The summed E-state index contributed by atoms with van der Waals surface area (Å²) in [4.78, 5) is 10.9. The Labute approximate surface area is 72.3 Å². The van der Waals surface area contributed by atoms with Crippen LogP contribution in [0.2, 0.25) is 0 Å². The molecule has 0 fully saturated rings. The molecule has 0 spiro atoms. The van der Waals surface area contributed by atoms with E-state index in [-0.39, 0.29) is 11.4 Å². The summed E-state index contributed by atoms with van der Waals surface area (Å²) in [5, 5.41) is 2.80. The fourth-order valence-electron chi connectivity index (χ4n) is 0.516. The first-order valence-corrected chi connectivity index (χ1v) is 4.37. The first-order valence-electron chi connectivity index (χ1n) is 3.06. The quantitative estimate of drug-likeness (QED) is 0.798. The predicted octanol–water partition coefficient (Wildman–Crippen LogP) is 0.631. The molecule has 0 aromatic carbocycles. The van der Waals surface area contributed by atoms with Crippen molar-refractivity contribution in [1.82, 2.24) is 5.32 Å². The molecule has 4 heteroatoms. The third-order valence-electron chi connectivity index (χ3n) is 0.723. The minimum absolute atomic E-state index is 0.00231. The van der Waals surface area contributed by atoms with Gasteiger partial charge >= 0.3 is 72.0 Å². The van der Waals surface area contributed by atoms with Gasteiger partial charge in [-0.2, -0.15) is 0 Å². The number of hydrogen-bond donors (Lipinski definition) is 1. The van der Waals surface area contributed by atoms with E-state index in [0.717, 1.165) is 19.6 Å². The van der Waals surface area contributed by atoms with Crippen molar-refractivity contribution in [2.75, 3.05) is 6.54 Å². The van der Waals surface area contributed by atoms with Crippen LogP contribution in [0.4, 0.5) is 0 Å². The molecule has 0 atom stereocenters. The zero-order valence-corrected chi connectivity index (χ0v) is 9.40. The van der Waals surface area contributed by atoms with Crippen LogP contribution >= 0.6 is 0 Å². The van der Waals surface area contributed by atoms with E-state index in [9.17, 15) is 4.79 Å². The number of rotatable bonds is 2. The Morgan fingerprint density at radius 2 is 2.10 bits per heavy atom. The van der Waals surface area contributed by atoms with Gasteiger partial charge in [0.05, 0.1) is 0 Å². The predicted molar refractivity (Wildman–Crippen MR) is 35.2 cm³/mol. The molecule has 0 heterocycles. The fourth-order valence-corrected chi connectivity index (χ4v) is 0.938. The average Bonchev–Trinajstić information content (AvgIpc) is 1.59. The van der Waals surface area contributed by atoms with Gasteiger partial charge in [0.15, 0.2) is 0 Å². The van der Waals surface area contributed by atoms with Crippen molar-refractivity contribution in [3.63, 3.8) is 0 Å². The van der Waals surface area contributed by atoms with Crippen molar-refractivity contribution in [2.24, 2.45) is 3.50 Å². The summed E-state index contributed by atoms with van der Waals surface area (Å²) in [7, 11) is 0. The van der Waals surface area contributed by atoms with E-state index >= 15 is 0 Å². The Bertz CT molecular complexity index is 139. The van der Waals surface area contributed by atoms with Gasteiger partial charge in [-0.25, -0.2) is 0 Å². The summed E-state index contributed by atoms with van der Waals surface area (Å²) in [6.07, 6.45) is 0. The van der Waals surface area contributed by atoms with Gasteiger partial charge in [-0.3, -0.25) is 0 Å². The molecule has 0 saturated heterocycles. The summed E-state index contributed by atoms with van der Waals surface area (Å²) < 4.78 is 3.79. The van der Waals surface area contributed by atoms with Gasteiger partial charge in [-0.15, -0.1) is 0 Å². The van der Waals surface area contributed by atoms with E-state index in [0.29, 0.717) is 6.54 Å². The fraction of sp³-hybridized carbons (Fsp3) is 0.833. The second-order valence-electron chi connectivity index (χ2n) is 3.09. The van der Waals surface area contributed by atoms with Gasteiger partial charge in [0.25, 0.3) is 0 Å². The van der Waals surface area contributed by atoms with Crippen LogP contribution in [0.1, 0.15) is 20.8 Å². The Kier molecular flexibility index (Phi) is 3.95. The van der Waals surface area contributed by atoms with Gasteiger partial charge < -0.3 is 0 Å². The average molecular weight is 312 g/mol. The van der Waals surface area contributed by atoms with Crippen molar-refractivity contribution in [1.29, 1.82) is 0 Å². The molecular weight excluding hydrogens is 300 g/mol. The summed E-state index contributed by atoms with van der Waals surface area (Å²) in [5.74, 6) is 0.00231. The molecule has 0 aliphatic heterocycles. The zero-order chi connectivity index (χ0) is 8.20. The van der Waals surface area contributed by atoms with Gasteiger partial charge in [0, 0.05) is 0 Å². The van der Waals surface area contributed by atoms with Crippen LogP contribution in [-0.4, -0.2) is 18.0 Å². The van der Waals surface area contributed by atoms with E-state index in [4.69, 9.17) is 0 Å². The van der Waals surface area contributed by atoms with Crippen molar-refractivity contribution in [3.8, 4) is 0 Å². The number of carbonyl (C=O) groups excluding carboxylic acids is 1. The molecule has 1 amide bonds. The topological polar surface area (TPSA) is 41.5 Å². The molecule has 0 aromatic rings. The molecule has 0 aromatic heterocycles. The van der Waals surface area contributed by atoms with Crippen molar-refractivity contribution in [3.05, 3.63) is 0 Å². The van der Waals surface area contributed by atoms with Crippen LogP contribution in [0.25, 0.3) is 0 Å². The van der Waals surface area contributed by atoms with Crippen molar-refractivity contribution < 1.29 is 24.4 Å². The number of nitrogens with zero attached hydrogens (tertiary/aromatic N) is 1. The van der Waals surface area contributed by atoms with Crippen molar-refractivity contribution in [2.45, 2.75) is 26.3 Å². The summed E-state index contributed by atoms with van der Waals surface area (Å²) in [5.41, 5.74) is -0.128. The number of amides is 1. The molecule has 1 N–H and O–H groups in total. The van der Waals surface area contributed by atoms with Gasteiger partial charge in [-0.1, -0.05) is 0 Å². The van der Waals surface area contributed by atoms with E-state index in [2.05, 4.69) is 8.81 Å². The van der Waals surface area contributed by atoms with E-state index in [1.807, 2.05) is 20.8 Å². The van der Waals surface area contributed by atoms with Crippen LogP contribution < -0.4 is 5.32 Å². The zero-order valence-electron chi connectivity index (χ0n) is 6.47. The maximum atomic E-state index is 10.9. The van der Waals surface area contributed by atoms with Gasteiger partial charge in [0.2, 0.25) is 0 Å². The van der Waals surface area contributed by atoms with E-state index < -0.39 is 0 Å². The summed E-state index contributed by atoms with van der Waals surface area (Å²) >= 11 is 1.10. The minimum atomic E-state index is -0.128. The molecule has 3 nitrogen and oxygen atoms in total. The van der Waals surface area contributed by atoms with Gasteiger partial charge in [0.1, 0.15) is 0 Å².